The molecule has 0 bridgehead atoms. The summed E-state index contributed by atoms with van der Waals surface area (Å²) in [5, 5.41) is 17.4. The number of nitriles is 1. The van der Waals surface area contributed by atoms with Gasteiger partial charge in [-0.3, -0.25) is 4.79 Å². The number of benzene rings is 1. The summed E-state index contributed by atoms with van der Waals surface area (Å²) < 4.78 is 0. The molecule has 0 aliphatic rings. The summed E-state index contributed by atoms with van der Waals surface area (Å²) >= 11 is 3.20. The van der Waals surface area contributed by atoms with Gasteiger partial charge in [0.15, 0.2) is 5.78 Å². The Hall–Kier alpha value is -1.93. The quantitative estimate of drug-likeness (QED) is 0.514. The molecule has 0 spiro atoms. The Morgan fingerprint density at radius 3 is 2.74 bits per heavy atom. The van der Waals surface area contributed by atoms with Crippen LogP contribution in [0.15, 0.2) is 24.3 Å². The summed E-state index contributed by atoms with van der Waals surface area (Å²) in [6.07, 6.45) is 2.45. The van der Waals surface area contributed by atoms with Crippen molar-refractivity contribution in [1.29, 1.82) is 5.26 Å². The lowest BCUT2D eigenvalue weighted by atomic mass is 9.94. The third-order valence-corrected chi connectivity index (χ3v) is 2.88. The molecule has 1 unspecified atom stereocenters. The van der Waals surface area contributed by atoms with E-state index in [9.17, 15) is 9.59 Å². The van der Waals surface area contributed by atoms with E-state index < -0.39 is 10.8 Å². The Bertz CT molecular complexity index is 571. The van der Waals surface area contributed by atoms with Gasteiger partial charge in [0.05, 0.1) is 17.3 Å². The molecular weight excluding hydrogens is 310 g/mol. The number of carbonyl (C=O) groups excluding carboxylic acids is 1. The lowest BCUT2D eigenvalue weighted by Gasteiger charge is -2.11. The van der Waals surface area contributed by atoms with Gasteiger partial charge in [-0.2, -0.15) is 5.26 Å². The Balaban J connectivity index is 3.38. The fourth-order valence-electron chi connectivity index (χ4n) is 1.65. The van der Waals surface area contributed by atoms with Gasteiger partial charge < -0.3 is 5.11 Å². The van der Waals surface area contributed by atoms with Crippen LogP contribution in [0, 0.1) is 11.3 Å². The third-order valence-electron chi connectivity index (χ3n) is 2.47. The maximum atomic E-state index is 12.2. The largest absolute Gasteiger partial charge is 0.478 e. The van der Waals surface area contributed by atoms with Crippen LogP contribution < -0.4 is 0 Å². The van der Waals surface area contributed by atoms with Crippen molar-refractivity contribution in [2.24, 2.45) is 0 Å². The molecule has 0 saturated carbocycles. The molecule has 0 saturated heterocycles. The zero-order valence-corrected chi connectivity index (χ0v) is 11.8. The summed E-state index contributed by atoms with van der Waals surface area (Å²) in [4.78, 5) is 22.3. The topological polar surface area (TPSA) is 78.2 Å². The third kappa shape index (κ3) is 4.04. The molecule has 1 atom stereocenters. The van der Waals surface area contributed by atoms with E-state index in [2.05, 4.69) is 15.9 Å². The van der Waals surface area contributed by atoms with Crippen LogP contribution in [-0.4, -0.2) is 21.7 Å². The minimum Gasteiger partial charge on any atom is -0.478 e. The first-order chi connectivity index (χ1) is 8.97. The lowest BCUT2D eigenvalue weighted by molar-refractivity contribution is -0.131. The number of carboxylic acid groups (broad SMARTS) is 1. The van der Waals surface area contributed by atoms with E-state index in [0.29, 0.717) is 16.7 Å². The summed E-state index contributed by atoms with van der Waals surface area (Å²) in [5.41, 5.74) is 1.50. The van der Waals surface area contributed by atoms with Gasteiger partial charge >= 0.3 is 5.97 Å². The van der Waals surface area contributed by atoms with Crippen LogP contribution in [0.3, 0.4) is 0 Å². The molecule has 4 nitrogen and oxygen atoms in total. The summed E-state index contributed by atoms with van der Waals surface area (Å²) in [7, 11) is 0. The van der Waals surface area contributed by atoms with Gasteiger partial charge in [0.2, 0.25) is 0 Å². The average molecular weight is 322 g/mol. The average Bonchev–Trinajstić information content (AvgIpc) is 2.36. The standard InChI is InChI=1S/C14H12BrNO3/c1-9(15)14(19)13-10(5-6-12(17)18)3-2-4-11(13)7-8-16/h2-6,9H,7H2,1H3,(H,17,18). The summed E-state index contributed by atoms with van der Waals surface area (Å²) in [6, 6.07) is 7.05. The van der Waals surface area contributed by atoms with E-state index in [1.165, 1.54) is 6.08 Å². The molecule has 98 valence electrons. The van der Waals surface area contributed by atoms with Crippen LogP contribution in [0.25, 0.3) is 6.08 Å². The van der Waals surface area contributed by atoms with Gasteiger partial charge in [0.25, 0.3) is 0 Å². The first-order valence-electron chi connectivity index (χ1n) is 5.55. The number of aliphatic carboxylic acids is 1. The molecule has 0 aliphatic carbocycles. The van der Waals surface area contributed by atoms with Crippen LogP contribution in [0.2, 0.25) is 0 Å². The summed E-state index contributed by atoms with van der Waals surface area (Å²) in [6.45, 7) is 1.69. The Morgan fingerprint density at radius 1 is 1.53 bits per heavy atom. The van der Waals surface area contributed by atoms with E-state index >= 15 is 0 Å². The molecule has 0 fully saturated rings. The number of alkyl halides is 1. The van der Waals surface area contributed by atoms with Crippen molar-refractivity contribution in [1.82, 2.24) is 0 Å². The maximum Gasteiger partial charge on any atom is 0.328 e. The second-order valence-electron chi connectivity index (χ2n) is 3.87. The predicted octanol–water partition coefficient (Wildman–Crippen LogP) is 2.82. The number of nitrogens with zero attached hydrogens (tertiary/aromatic N) is 1. The fourth-order valence-corrected chi connectivity index (χ4v) is 1.88. The van der Waals surface area contributed by atoms with Gasteiger partial charge in [0.1, 0.15) is 0 Å². The fraction of sp³-hybridized carbons (Fsp3) is 0.214. The monoisotopic (exact) mass is 321 g/mol. The van der Waals surface area contributed by atoms with Crippen molar-refractivity contribution in [2.45, 2.75) is 18.2 Å². The van der Waals surface area contributed by atoms with Crippen LogP contribution in [0.1, 0.15) is 28.4 Å². The number of Topliss-reactive ketones (excluding diaryl/α,β-unsaturated/α-hetero) is 1. The van der Waals surface area contributed by atoms with Crippen molar-refractivity contribution in [3.8, 4) is 6.07 Å². The number of hydrogen-bond acceptors (Lipinski definition) is 3. The zero-order valence-electron chi connectivity index (χ0n) is 10.3. The van der Waals surface area contributed by atoms with Crippen molar-refractivity contribution >= 4 is 33.8 Å². The molecule has 1 rings (SSSR count). The van der Waals surface area contributed by atoms with Crippen molar-refractivity contribution < 1.29 is 14.7 Å². The van der Waals surface area contributed by atoms with Gasteiger partial charge in [-0.25, -0.2) is 4.79 Å². The molecule has 5 heteroatoms. The SMILES string of the molecule is CC(Br)C(=O)c1c(C=CC(=O)O)cccc1CC#N. The van der Waals surface area contributed by atoms with E-state index in [0.717, 1.165) is 6.08 Å². The smallest absolute Gasteiger partial charge is 0.328 e. The predicted molar refractivity (Wildman–Crippen MR) is 75.1 cm³/mol. The number of ketones is 1. The zero-order chi connectivity index (χ0) is 14.4. The number of carboxylic acids is 1. The summed E-state index contributed by atoms with van der Waals surface area (Å²) in [5.74, 6) is -1.26. The minimum atomic E-state index is -1.09. The van der Waals surface area contributed by atoms with Crippen LogP contribution >= 0.6 is 15.9 Å². The highest BCUT2D eigenvalue weighted by molar-refractivity contribution is 9.10. The Labute approximate surface area is 119 Å². The molecule has 0 amide bonds. The van der Waals surface area contributed by atoms with Crippen LogP contribution in [0.4, 0.5) is 0 Å². The molecule has 0 aliphatic heterocycles. The van der Waals surface area contributed by atoms with E-state index in [-0.39, 0.29) is 12.2 Å². The highest BCUT2D eigenvalue weighted by atomic mass is 79.9. The highest BCUT2D eigenvalue weighted by Gasteiger charge is 2.18. The number of carbonyl (C=O) groups is 2. The molecule has 1 aromatic carbocycles. The highest BCUT2D eigenvalue weighted by Crippen LogP contribution is 2.21. The van der Waals surface area contributed by atoms with E-state index in [4.69, 9.17) is 10.4 Å². The molecule has 19 heavy (non-hydrogen) atoms. The van der Waals surface area contributed by atoms with Crippen molar-refractivity contribution in [3.05, 3.63) is 41.0 Å². The van der Waals surface area contributed by atoms with Crippen LogP contribution in [-0.2, 0) is 11.2 Å². The van der Waals surface area contributed by atoms with Crippen LogP contribution in [0.5, 0.6) is 0 Å². The van der Waals surface area contributed by atoms with Gasteiger partial charge in [-0.05, 0) is 24.1 Å². The Morgan fingerprint density at radius 2 is 2.21 bits per heavy atom. The van der Waals surface area contributed by atoms with Crippen molar-refractivity contribution in [3.63, 3.8) is 0 Å². The Kier molecular flexibility index (Phi) is 5.46. The molecular formula is C14H12BrNO3. The second kappa shape index (κ2) is 6.86. The molecule has 0 heterocycles. The molecule has 1 N–H and O–H groups in total. The number of rotatable bonds is 5. The lowest BCUT2D eigenvalue weighted by Crippen LogP contribution is -2.14. The van der Waals surface area contributed by atoms with Gasteiger partial charge in [0, 0.05) is 11.6 Å². The first kappa shape index (κ1) is 15.1. The van der Waals surface area contributed by atoms with Gasteiger partial charge in [-0.1, -0.05) is 34.1 Å². The van der Waals surface area contributed by atoms with Gasteiger partial charge in [-0.15, -0.1) is 0 Å². The van der Waals surface area contributed by atoms with E-state index in [1.54, 1.807) is 25.1 Å². The number of halogens is 1. The number of hydrogen-bond donors (Lipinski definition) is 1. The normalized spacial score (nSPS) is 12.1. The first-order valence-corrected chi connectivity index (χ1v) is 6.47. The second-order valence-corrected chi connectivity index (χ2v) is 5.24. The molecule has 0 aromatic heterocycles. The van der Waals surface area contributed by atoms with Crippen molar-refractivity contribution in [2.75, 3.05) is 0 Å². The molecule has 1 aromatic rings. The van der Waals surface area contributed by atoms with E-state index in [1.807, 2.05) is 6.07 Å². The maximum absolute atomic E-state index is 12.2. The molecule has 0 radical (unpaired) electrons. The minimum absolute atomic E-state index is 0.107.